The molecule has 1 saturated heterocycles. The summed E-state index contributed by atoms with van der Waals surface area (Å²) in [6.07, 6.45) is 1.58. The van der Waals surface area contributed by atoms with E-state index in [1.54, 1.807) is 17.2 Å². The predicted octanol–water partition coefficient (Wildman–Crippen LogP) is 2.20. The molecule has 0 spiro atoms. The number of amides is 1. The molecular weight excluding hydrogens is 354 g/mol. The average molecular weight is 369 g/mol. The topological polar surface area (TPSA) is 119 Å². The molecule has 138 valence electrons. The Balaban J connectivity index is 1.38. The Kier molecular flexibility index (Phi) is 4.29. The van der Waals surface area contributed by atoms with Gasteiger partial charge in [-0.25, -0.2) is 0 Å². The van der Waals surface area contributed by atoms with E-state index in [4.69, 9.17) is 8.83 Å². The van der Waals surface area contributed by atoms with Crippen molar-refractivity contribution in [3.8, 4) is 11.5 Å². The lowest BCUT2D eigenvalue weighted by Crippen LogP contribution is -2.49. The van der Waals surface area contributed by atoms with Crippen LogP contribution in [0.1, 0.15) is 10.6 Å². The van der Waals surface area contributed by atoms with E-state index in [9.17, 15) is 14.9 Å². The molecule has 0 radical (unpaired) electrons. The van der Waals surface area contributed by atoms with Gasteiger partial charge in [-0.1, -0.05) is 0 Å². The highest BCUT2D eigenvalue weighted by atomic mass is 16.6. The molecule has 1 amide bonds. The quantitative estimate of drug-likeness (QED) is 0.507. The second-order valence-corrected chi connectivity index (χ2v) is 5.93. The van der Waals surface area contributed by atoms with Gasteiger partial charge in [-0.2, -0.15) is 0 Å². The number of nitrogens with zero attached hydrogens (tertiary/aromatic N) is 5. The molecule has 0 saturated carbocycles. The fourth-order valence-corrected chi connectivity index (χ4v) is 2.88. The minimum absolute atomic E-state index is 0.0299. The molecule has 1 aliphatic rings. The van der Waals surface area contributed by atoms with Crippen LogP contribution < -0.4 is 4.90 Å². The van der Waals surface area contributed by atoms with Crippen LogP contribution in [0.25, 0.3) is 11.5 Å². The van der Waals surface area contributed by atoms with Crippen molar-refractivity contribution in [2.24, 2.45) is 0 Å². The number of aromatic nitrogens is 2. The Labute approximate surface area is 153 Å². The summed E-state index contributed by atoms with van der Waals surface area (Å²) < 4.78 is 10.3. The van der Waals surface area contributed by atoms with Crippen molar-refractivity contribution in [1.29, 1.82) is 0 Å². The molecule has 0 N–H and O–H groups in total. The SMILES string of the molecule is O=C(c1ccc([N+](=O)[O-])o1)N1CCN(c2ccc(-c3ccco3)nn2)CC1. The van der Waals surface area contributed by atoms with E-state index < -0.39 is 10.8 Å². The predicted molar refractivity (Wildman–Crippen MR) is 93.2 cm³/mol. The van der Waals surface area contributed by atoms with E-state index in [2.05, 4.69) is 10.2 Å². The van der Waals surface area contributed by atoms with Crippen molar-refractivity contribution in [3.63, 3.8) is 0 Å². The molecule has 0 aromatic carbocycles. The Morgan fingerprint density at radius 2 is 1.89 bits per heavy atom. The van der Waals surface area contributed by atoms with Crippen molar-refractivity contribution in [2.75, 3.05) is 31.1 Å². The van der Waals surface area contributed by atoms with Gasteiger partial charge in [-0.05, 0) is 30.3 Å². The van der Waals surface area contributed by atoms with Crippen LogP contribution in [0.3, 0.4) is 0 Å². The molecule has 4 rings (SSSR count). The van der Waals surface area contributed by atoms with Gasteiger partial charge in [0.2, 0.25) is 0 Å². The molecule has 0 unspecified atom stereocenters. The van der Waals surface area contributed by atoms with Crippen LogP contribution in [-0.2, 0) is 0 Å². The zero-order valence-electron chi connectivity index (χ0n) is 14.1. The summed E-state index contributed by atoms with van der Waals surface area (Å²) in [7, 11) is 0. The third-order valence-electron chi connectivity index (χ3n) is 4.30. The highest BCUT2D eigenvalue weighted by Gasteiger charge is 2.26. The minimum atomic E-state index is -0.667. The number of rotatable bonds is 4. The third-order valence-corrected chi connectivity index (χ3v) is 4.30. The monoisotopic (exact) mass is 369 g/mol. The van der Waals surface area contributed by atoms with Gasteiger partial charge in [0.1, 0.15) is 10.6 Å². The van der Waals surface area contributed by atoms with Crippen LogP contribution in [0.5, 0.6) is 0 Å². The number of furan rings is 2. The second kappa shape index (κ2) is 6.90. The summed E-state index contributed by atoms with van der Waals surface area (Å²) in [5, 5.41) is 19.1. The van der Waals surface area contributed by atoms with Crippen LogP contribution in [0, 0.1) is 10.1 Å². The zero-order chi connectivity index (χ0) is 18.8. The van der Waals surface area contributed by atoms with Gasteiger partial charge in [0.05, 0.1) is 12.3 Å². The Bertz CT molecular complexity index is 943. The van der Waals surface area contributed by atoms with E-state index in [0.717, 1.165) is 0 Å². The number of nitro groups is 1. The lowest BCUT2D eigenvalue weighted by molar-refractivity contribution is -0.402. The molecule has 10 nitrogen and oxygen atoms in total. The van der Waals surface area contributed by atoms with Gasteiger partial charge in [-0.3, -0.25) is 14.9 Å². The van der Waals surface area contributed by atoms with E-state index >= 15 is 0 Å². The van der Waals surface area contributed by atoms with Gasteiger partial charge < -0.3 is 18.6 Å². The van der Waals surface area contributed by atoms with Gasteiger partial charge in [0, 0.05) is 26.2 Å². The van der Waals surface area contributed by atoms with Gasteiger partial charge in [0.15, 0.2) is 17.3 Å². The van der Waals surface area contributed by atoms with Gasteiger partial charge >= 0.3 is 5.88 Å². The molecule has 3 aromatic heterocycles. The Morgan fingerprint density at radius 1 is 1.07 bits per heavy atom. The normalized spacial score (nSPS) is 14.4. The molecule has 0 aliphatic carbocycles. The summed E-state index contributed by atoms with van der Waals surface area (Å²) in [5.74, 6) is 0.534. The molecule has 1 fully saturated rings. The minimum Gasteiger partial charge on any atom is -0.463 e. The van der Waals surface area contributed by atoms with Gasteiger partial charge in [-0.15, -0.1) is 10.2 Å². The Hall–Kier alpha value is -3.69. The molecule has 3 aromatic rings. The maximum Gasteiger partial charge on any atom is 0.433 e. The smallest absolute Gasteiger partial charge is 0.433 e. The number of anilines is 1. The fourth-order valence-electron chi connectivity index (χ4n) is 2.88. The first-order valence-corrected chi connectivity index (χ1v) is 8.28. The second-order valence-electron chi connectivity index (χ2n) is 5.93. The number of carbonyl (C=O) groups excluding carboxylic acids is 1. The summed E-state index contributed by atoms with van der Waals surface area (Å²) in [6, 6.07) is 9.80. The van der Waals surface area contributed by atoms with Crippen LogP contribution in [0.4, 0.5) is 11.7 Å². The maximum atomic E-state index is 12.4. The van der Waals surface area contributed by atoms with E-state index in [-0.39, 0.29) is 11.7 Å². The van der Waals surface area contributed by atoms with Crippen molar-refractivity contribution in [3.05, 3.63) is 58.5 Å². The van der Waals surface area contributed by atoms with Crippen molar-refractivity contribution in [1.82, 2.24) is 15.1 Å². The molecule has 0 bridgehead atoms. The molecule has 27 heavy (non-hydrogen) atoms. The molecule has 4 heterocycles. The number of hydrogen-bond donors (Lipinski definition) is 0. The van der Waals surface area contributed by atoms with Crippen LogP contribution in [0.15, 0.2) is 51.5 Å². The highest BCUT2D eigenvalue weighted by Crippen LogP contribution is 2.21. The van der Waals surface area contributed by atoms with Crippen molar-refractivity contribution >= 4 is 17.6 Å². The first kappa shape index (κ1) is 16.8. The average Bonchev–Trinajstić information content (AvgIpc) is 3.40. The number of hydrogen-bond acceptors (Lipinski definition) is 8. The number of carbonyl (C=O) groups is 1. The van der Waals surface area contributed by atoms with E-state index in [0.29, 0.717) is 43.5 Å². The summed E-state index contributed by atoms with van der Waals surface area (Å²) in [4.78, 5) is 26.0. The van der Waals surface area contributed by atoms with Crippen LogP contribution in [0.2, 0.25) is 0 Å². The molecule has 1 aliphatic heterocycles. The largest absolute Gasteiger partial charge is 0.463 e. The molecular formula is C17H15N5O5. The fraction of sp³-hybridized carbons (Fsp3) is 0.235. The highest BCUT2D eigenvalue weighted by molar-refractivity contribution is 5.92. The van der Waals surface area contributed by atoms with Gasteiger partial charge in [0.25, 0.3) is 5.91 Å². The van der Waals surface area contributed by atoms with Crippen molar-refractivity contribution in [2.45, 2.75) is 0 Å². The standard InChI is InChI=1S/C17H15N5O5/c23-17(14-4-6-16(27-14)22(24)25)21-9-7-20(8-10-21)15-5-3-12(18-19-15)13-2-1-11-26-13/h1-6,11H,7-10H2. The van der Waals surface area contributed by atoms with Crippen LogP contribution in [-0.4, -0.2) is 52.1 Å². The Morgan fingerprint density at radius 3 is 2.48 bits per heavy atom. The summed E-state index contributed by atoms with van der Waals surface area (Å²) >= 11 is 0. The van der Waals surface area contributed by atoms with Crippen molar-refractivity contribution < 1.29 is 18.6 Å². The summed E-state index contributed by atoms with van der Waals surface area (Å²) in [6.45, 7) is 2.05. The molecule has 0 atom stereocenters. The maximum absolute atomic E-state index is 12.4. The zero-order valence-corrected chi connectivity index (χ0v) is 14.1. The molecule has 10 heteroatoms. The summed E-state index contributed by atoms with van der Waals surface area (Å²) in [5.41, 5.74) is 0.650. The first-order valence-electron chi connectivity index (χ1n) is 8.28. The third kappa shape index (κ3) is 3.36. The van der Waals surface area contributed by atoms with Crippen LogP contribution >= 0.6 is 0 Å². The van der Waals surface area contributed by atoms with E-state index in [1.807, 2.05) is 23.1 Å². The lowest BCUT2D eigenvalue weighted by atomic mass is 10.2. The number of piperazine rings is 1. The first-order chi connectivity index (χ1) is 13.1. The lowest BCUT2D eigenvalue weighted by Gasteiger charge is -2.34. The van der Waals surface area contributed by atoms with E-state index in [1.165, 1.54) is 12.1 Å².